The number of halogens is 1. The fourth-order valence-electron chi connectivity index (χ4n) is 0.684. The molecule has 0 spiro atoms. The standard InChI is InChI=1S/C8H16FNO/c1-3-5-8(11)10-6-7(9)4-2/h7H,3-6H2,1-2H3,(H,10,11). The normalized spacial score (nSPS) is 12.6. The molecular weight excluding hydrogens is 145 g/mol. The minimum Gasteiger partial charge on any atom is -0.353 e. The lowest BCUT2D eigenvalue weighted by atomic mass is 10.3. The van der Waals surface area contributed by atoms with E-state index in [4.69, 9.17) is 0 Å². The van der Waals surface area contributed by atoms with E-state index in [1.165, 1.54) is 0 Å². The average Bonchev–Trinajstić information content (AvgIpc) is 2.01. The Morgan fingerprint density at radius 1 is 1.55 bits per heavy atom. The molecule has 0 aliphatic rings. The average molecular weight is 161 g/mol. The SMILES string of the molecule is CCCC(=O)NCC(F)CC. The maximum absolute atomic E-state index is 12.5. The fourth-order valence-corrected chi connectivity index (χ4v) is 0.684. The Morgan fingerprint density at radius 3 is 2.64 bits per heavy atom. The third-order valence-corrected chi connectivity index (χ3v) is 1.44. The van der Waals surface area contributed by atoms with Crippen LogP contribution in [0, 0.1) is 0 Å². The number of hydrogen-bond acceptors (Lipinski definition) is 1. The van der Waals surface area contributed by atoms with Gasteiger partial charge in [-0.2, -0.15) is 0 Å². The van der Waals surface area contributed by atoms with Crippen LogP contribution in [0.25, 0.3) is 0 Å². The Hall–Kier alpha value is -0.600. The van der Waals surface area contributed by atoms with Crippen LogP contribution in [0.3, 0.4) is 0 Å². The fraction of sp³-hybridized carbons (Fsp3) is 0.875. The molecule has 11 heavy (non-hydrogen) atoms. The zero-order valence-corrected chi connectivity index (χ0v) is 7.19. The number of rotatable bonds is 5. The Balaban J connectivity index is 3.30. The van der Waals surface area contributed by atoms with Gasteiger partial charge in [-0.25, -0.2) is 4.39 Å². The molecule has 0 saturated heterocycles. The second-order valence-corrected chi connectivity index (χ2v) is 2.56. The van der Waals surface area contributed by atoms with Crippen molar-refractivity contribution in [2.24, 2.45) is 0 Å². The van der Waals surface area contributed by atoms with E-state index in [0.29, 0.717) is 12.8 Å². The van der Waals surface area contributed by atoms with Gasteiger partial charge in [0, 0.05) is 13.0 Å². The van der Waals surface area contributed by atoms with Crippen molar-refractivity contribution < 1.29 is 9.18 Å². The molecule has 3 heteroatoms. The lowest BCUT2D eigenvalue weighted by Crippen LogP contribution is -2.29. The number of hydrogen-bond donors (Lipinski definition) is 1. The summed E-state index contributed by atoms with van der Waals surface area (Å²) in [6.45, 7) is 3.85. The maximum Gasteiger partial charge on any atom is 0.220 e. The molecule has 0 fully saturated rings. The molecule has 0 aliphatic carbocycles. The molecule has 0 radical (unpaired) electrons. The highest BCUT2D eigenvalue weighted by atomic mass is 19.1. The molecule has 0 rings (SSSR count). The highest BCUT2D eigenvalue weighted by Gasteiger charge is 2.04. The maximum atomic E-state index is 12.5. The van der Waals surface area contributed by atoms with Crippen LogP contribution in [0.5, 0.6) is 0 Å². The summed E-state index contributed by atoms with van der Waals surface area (Å²) in [7, 11) is 0. The zero-order chi connectivity index (χ0) is 8.69. The van der Waals surface area contributed by atoms with Crippen molar-refractivity contribution in [3.05, 3.63) is 0 Å². The molecule has 0 aromatic rings. The van der Waals surface area contributed by atoms with E-state index in [1.807, 2.05) is 6.92 Å². The van der Waals surface area contributed by atoms with Gasteiger partial charge in [0.15, 0.2) is 0 Å². The predicted octanol–water partition coefficient (Wildman–Crippen LogP) is 1.65. The van der Waals surface area contributed by atoms with Gasteiger partial charge in [-0.1, -0.05) is 13.8 Å². The molecule has 0 heterocycles. The monoisotopic (exact) mass is 161 g/mol. The lowest BCUT2D eigenvalue weighted by Gasteiger charge is -2.06. The van der Waals surface area contributed by atoms with Crippen LogP contribution in [-0.4, -0.2) is 18.6 Å². The topological polar surface area (TPSA) is 29.1 Å². The highest BCUT2D eigenvalue weighted by molar-refractivity contribution is 5.75. The minimum atomic E-state index is -0.893. The van der Waals surface area contributed by atoms with Crippen molar-refractivity contribution in [2.75, 3.05) is 6.54 Å². The zero-order valence-electron chi connectivity index (χ0n) is 7.19. The summed E-state index contributed by atoms with van der Waals surface area (Å²) in [6.07, 6.45) is 0.883. The third kappa shape index (κ3) is 5.83. The third-order valence-electron chi connectivity index (χ3n) is 1.44. The van der Waals surface area contributed by atoms with E-state index in [9.17, 15) is 9.18 Å². The van der Waals surface area contributed by atoms with Crippen molar-refractivity contribution in [2.45, 2.75) is 39.3 Å². The van der Waals surface area contributed by atoms with Crippen molar-refractivity contribution in [3.8, 4) is 0 Å². The van der Waals surface area contributed by atoms with Crippen LogP contribution in [-0.2, 0) is 4.79 Å². The second kappa shape index (κ2) is 6.13. The van der Waals surface area contributed by atoms with E-state index in [0.717, 1.165) is 6.42 Å². The molecule has 1 atom stereocenters. The van der Waals surface area contributed by atoms with Gasteiger partial charge in [-0.3, -0.25) is 4.79 Å². The Kier molecular flexibility index (Phi) is 5.80. The van der Waals surface area contributed by atoms with Crippen LogP contribution in [0.1, 0.15) is 33.1 Å². The summed E-state index contributed by atoms with van der Waals surface area (Å²) in [5.41, 5.74) is 0. The van der Waals surface area contributed by atoms with E-state index < -0.39 is 6.17 Å². The first-order valence-electron chi connectivity index (χ1n) is 4.11. The summed E-state index contributed by atoms with van der Waals surface area (Å²) in [4.78, 5) is 10.8. The number of nitrogens with one attached hydrogen (secondary N) is 1. The van der Waals surface area contributed by atoms with Gasteiger partial charge in [-0.05, 0) is 12.8 Å². The predicted molar refractivity (Wildman–Crippen MR) is 43.1 cm³/mol. The number of carbonyl (C=O) groups is 1. The summed E-state index contributed by atoms with van der Waals surface area (Å²) in [5, 5.41) is 2.52. The molecule has 2 nitrogen and oxygen atoms in total. The van der Waals surface area contributed by atoms with Gasteiger partial charge in [0.05, 0.1) is 0 Å². The van der Waals surface area contributed by atoms with Gasteiger partial charge in [0.25, 0.3) is 0 Å². The molecule has 66 valence electrons. The van der Waals surface area contributed by atoms with Crippen LogP contribution in [0.4, 0.5) is 4.39 Å². The lowest BCUT2D eigenvalue weighted by molar-refractivity contribution is -0.121. The van der Waals surface area contributed by atoms with E-state index >= 15 is 0 Å². The summed E-state index contributed by atoms with van der Waals surface area (Å²) < 4.78 is 12.5. The first kappa shape index (κ1) is 10.4. The van der Waals surface area contributed by atoms with Crippen LogP contribution < -0.4 is 5.32 Å². The number of amides is 1. The van der Waals surface area contributed by atoms with Gasteiger partial charge < -0.3 is 5.32 Å². The van der Waals surface area contributed by atoms with Crippen molar-refractivity contribution >= 4 is 5.91 Å². The van der Waals surface area contributed by atoms with Gasteiger partial charge in [0.1, 0.15) is 6.17 Å². The summed E-state index contributed by atoms with van der Waals surface area (Å²) in [5.74, 6) is -0.0522. The molecule has 0 aromatic heterocycles. The Bertz CT molecular complexity index is 117. The Morgan fingerprint density at radius 2 is 2.18 bits per heavy atom. The molecule has 0 aliphatic heterocycles. The molecule has 1 N–H and O–H groups in total. The largest absolute Gasteiger partial charge is 0.353 e. The summed E-state index contributed by atoms with van der Waals surface area (Å²) >= 11 is 0. The highest BCUT2D eigenvalue weighted by Crippen LogP contribution is 1.94. The van der Waals surface area contributed by atoms with Gasteiger partial charge >= 0.3 is 0 Å². The molecular formula is C8H16FNO. The number of carbonyl (C=O) groups excluding carboxylic acids is 1. The molecule has 0 saturated carbocycles. The Labute approximate surface area is 67.2 Å². The van der Waals surface area contributed by atoms with Gasteiger partial charge in [-0.15, -0.1) is 0 Å². The quantitative estimate of drug-likeness (QED) is 0.652. The first-order chi connectivity index (χ1) is 5.20. The number of alkyl halides is 1. The van der Waals surface area contributed by atoms with Crippen molar-refractivity contribution in [3.63, 3.8) is 0 Å². The second-order valence-electron chi connectivity index (χ2n) is 2.56. The van der Waals surface area contributed by atoms with Gasteiger partial charge in [0.2, 0.25) is 5.91 Å². The molecule has 0 bridgehead atoms. The van der Waals surface area contributed by atoms with Crippen molar-refractivity contribution in [1.82, 2.24) is 5.32 Å². The molecule has 1 unspecified atom stereocenters. The minimum absolute atomic E-state index is 0.0522. The van der Waals surface area contributed by atoms with Crippen molar-refractivity contribution in [1.29, 1.82) is 0 Å². The van der Waals surface area contributed by atoms with E-state index in [2.05, 4.69) is 5.32 Å². The van der Waals surface area contributed by atoms with Crippen LogP contribution in [0.2, 0.25) is 0 Å². The van der Waals surface area contributed by atoms with Crippen LogP contribution >= 0.6 is 0 Å². The summed E-state index contributed by atoms with van der Waals surface area (Å²) in [6, 6.07) is 0. The van der Waals surface area contributed by atoms with E-state index in [1.54, 1.807) is 6.92 Å². The molecule has 1 amide bonds. The molecule has 0 aromatic carbocycles. The first-order valence-corrected chi connectivity index (χ1v) is 4.11. The van der Waals surface area contributed by atoms with Crippen LogP contribution in [0.15, 0.2) is 0 Å². The van der Waals surface area contributed by atoms with E-state index in [-0.39, 0.29) is 12.5 Å². The smallest absolute Gasteiger partial charge is 0.220 e.